The maximum atomic E-state index is 12.3. The smallest absolute Gasteiger partial charge is 0.241 e. The molecule has 0 aliphatic heterocycles. The van der Waals surface area contributed by atoms with Crippen molar-refractivity contribution in [3.05, 3.63) is 42.5 Å². The van der Waals surface area contributed by atoms with E-state index in [0.29, 0.717) is 0 Å². The molecule has 0 unspecified atom stereocenters. The van der Waals surface area contributed by atoms with Gasteiger partial charge >= 0.3 is 0 Å². The van der Waals surface area contributed by atoms with E-state index in [2.05, 4.69) is 4.72 Å². The molecule has 5 nitrogen and oxygen atoms in total. The van der Waals surface area contributed by atoms with Gasteiger partial charge in [-0.1, -0.05) is 44.2 Å². The number of carboxylic acids is 1. The molecular weight excluding hydrogens is 290 g/mol. The molecular formula is C15H16NO4S-. The van der Waals surface area contributed by atoms with Crippen LogP contribution in [0.3, 0.4) is 0 Å². The summed E-state index contributed by atoms with van der Waals surface area (Å²) in [5.74, 6) is -1.85. The maximum Gasteiger partial charge on any atom is 0.241 e. The number of carbonyl (C=O) groups excluding carboxylic acids is 1. The molecule has 2 aromatic rings. The van der Waals surface area contributed by atoms with Crippen molar-refractivity contribution in [3.63, 3.8) is 0 Å². The molecule has 0 fully saturated rings. The van der Waals surface area contributed by atoms with Crippen molar-refractivity contribution in [1.82, 2.24) is 4.72 Å². The first kappa shape index (κ1) is 15.5. The lowest BCUT2D eigenvalue weighted by molar-refractivity contribution is -0.309. The molecule has 0 bridgehead atoms. The second kappa shape index (κ2) is 5.83. The van der Waals surface area contributed by atoms with Crippen LogP contribution in [0.25, 0.3) is 10.8 Å². The minimum atomic E-state index is -3.91. The third-order valence-electron chi connectivity index (χ3n) is 3.23. The number of fused-ring (bicyclic) bond motifs is 1. The van der Waals surface area contributed by atoms with Gasteiger partial charge in [-0.05, 0) is 28.8 Å². The summed E-state index contributed by atoms with van der Waals surface area (Å²) in [6.45, 7) is 3.23. The number of sulfonamides is 1. The van der Waals surface area contributed by atoms with Crippen molar-refractivity contribution in [3.8, 4) is 0 Å². The molecule has 0 saturated heterocycles. The molecule has 0 heterocycles. The van der Waals surface area contributed by atoms with Crippen LogP contribution in [-0.4, -0.2) is 20.4 Å². The molecule has 0 aromatic heterocycles. The zero-order chi connectivity index (χ0) is 15.6. The Morgan fingerprint density at radius 1 is 1.10 bits per heavy atom. The molecule has 0 radical (unpaired) electrons. The minimum Gasteiger partial charge on any atom is -0.548 e. The van der Waals surface area contributed by atoms with Crippen LogP contribution in [0, 0.1) is 5.92 Å². The van der Waals surface area contributed by atoms with E-state index in [0.717, 1.165) is 10.8 Å². The zero-order valence-electron chi connectivity index (χ0n) is 11.7. The summed E-state index contributed by atoms with van der Waals surface area (Å²) in [6.07, 6.45) is 0. The Kier molecular flexibility index (Phi) is 4.29. The highest BCUT2D eigenvalue weighted by Crippen LogP contribution is 2.19. The number of carboxylic acid groups (broad SMARTS) is 1. The van der Waals surface area contributed by atoms with Crippen LogP contribution in [-0.2, 0) is 14.8 Å². The lowest BCUT2D eigenvalue weighted by Gasteiger charge is -2.23. The monoisotopic (exact) mass is 306 g/mol. The van der Waals surface area contributed by atoms with Gasteiger partial charge < -0.3 is 9.90 Å². The molecule has 2 rings (SSSR count). The molecule has 1 atom stereocenters. The molecule has 6 heteroatoms. The predicted molar refractivity (Wildman–Crippen MR) is 77.9 cm³/mol. The molecule has 0 aliphatic rings. The van der Waals surface area contributed by atoms with E-state index in [1.165, 1.54) is 12.1 Å². The molecule has 1 N–H and O–H groups in total. The number of hydrogen-bond acceptors (Lipinski definition) is 4. The molecule has 0 amide bonds. The Balaban J connectivity index is 2.39. The fourth-order valence-corrected chi connectivity index (χ4v) is 3.39. The summed E-state index contributed by atoms with van der Waals surface area (Å²) in [4.78, 5) is 11.1. The third kappa shape index (κ3) is 3.40. The Labute approximate surface area is 123 Å². The van der Waals surface area contributed by atoms with Crippen LogP contribution in [0.15, 0.2) is 47.4 Å². The first-order valence-corrected chi connectivity index (χ1v) is 8.01. The Hall–Kier alpha value is -1.92. The summed E-state index contributed by atoms with van der Waals surface area (Å²) in [5, 5.41) is 12.7. The van der Waals surface area contributed by atoms with E-state index in [9.17, 15) is 18.3 Å². The summed E-state index contributed by atoms with van der Waals surface area (Å²) < 4.78 is 26.8. The Morgan fingerprint density at radius 2 is 1.71 bits per heavy atom. The van der Waals surface area contributed by atoms with E-state index >= 15 is 0 Å². The van der Waals surface area contributed by atoms with E-state index < -0.39 is 28.0 Å². The number of aliphatic carboxylic acids is 1. The normalized spacial score (nSPS) is 13.5. The van der Waals surface area contributed by atoms with Crippen LogP contribution >= 0.6 is 0 Å². The number of benzene rings is 2. The largest absolute Gasteiger partial charge is 0.548 e. The molecule has 0 aliphatic carbocycles. The molecule has 21 heavy (non-hydrogen) atoms. The van der Waals surface area contributed by atoms with Crippen molar-refractivity contribution in [2.45, 2.75) is 24.8 Å². The highest BCUT2D eigenvalue weighted by Gasteiger charge is 2.23. The first-order valence-electron chi connectivity index (χ1n) is 6.53. The predicted octanol–water partition coefficient (Wildman–Crippen LogP) is 0.893. The van der Waals surface area contributed by atoms with Gasteiger partial charge in [0.15, 0.2) is 0 Å². The van der Waals surface area contributed by atoms with E-state index in [1.54, 1.807) is 26.0 Å². The van der Waals surface area contributed by atoms with Crippen LogP contribution in [0.4, 0.5) is 0 Å². The average molecular weight is 306 g/mol. The van der Waals surface area contributed by atoms with Gasteiger partial charge in [0.2, 0.25) is 10.0 Å². The van der Waals surface area contributed by atoms with E-state index in [4.69, 9.17) is 0 Å². The SMILES string of the molecule is CC(C)[C@@H](NS(=O)(=O)c1ccc2ccccc2c1)C(=O)[O-]. The standard InChI is InChI=1S/C15H17NO4S/c1-10(2)14(15(17)18)16-21(19,20)13-8-7-11-5-3-4-6-12(11)9-13/h3-10,14,16H,1-2H3,(H,17,18)/p-1/t14-/m1/s1. The number of nitrogens with one attached hydrogen (secondary N) is 1. The average Bonchev–Trinajstić information content (AvgIpc) is 2.43. The van der Waals surface area contributed by atoms with Crippen molar-refractivity contribution in [2.75, 3.05) is 0 Å². The van der Waals surface area contributed by atoms with Gasteiger partial charge in [-0.15, -0.1) is 0 Å². The molecule has 2 aromatic carbocycles. The van der Waals surface area contributed by atoms with Gasteiger partial charge in [-0.2, -0.15) is 0 Å². The first-order chi connectivity index (χ1) is 9.81. The van der Waals surface area contributed by atoms with Gasteiger partial charge in [0, 0.05) is 0 Å². The van der Waals surface area contributed by atoms with Crippen LogP contribution < -0.4 is 9.83 Å². The second-order valence-electron chi connectivity index (χ2n) is 5.17. The van der Waals surface area contributed by atoms with Crippen LogP contribution in [0.2, 0.25) is 0 Å². The van der Waals surface area contributed by atoms with E-state index in [-0.39, 0.29) is 4.90 Å². The molecule has 112 valence electrons. The minimum absolute atomic E-state index is 0.0353. The van der Waals surface area contributed by atoms with Crippen molar-refractivity contribution >= 4 is 26.8 Å². The molecule has 0 spiro atoms. The summed E-state index contributed by atoms with van der Waals surface area (Å²) in [5.41, 5.74) is 0. The van der Waals surface area contributed by atoms with E-state index in [1.807, 2.05) is 18.2 Å². The van der Waals surface area contributed by atoms with Crippen LogP contribution in [0.1, 0.15) is 13.8 Å². The van der Waals surface area contributed by atoms with Gasteiger partial charge in [0.1, 0.15) is 0 Å². The summed E-state index contributed by atoms with van der Waals surface area (Å²) >= 11 is 0. The number of hydrogen-bond donors (Lipinski definition) is 1. The molecule has 0 saturated carbocycles. The van der Waals surface area contributed by atoms with Gasteiger partial charge in [-0.3, -0.25) is 0 Å². The van der Waals surface area contributed by atoms with Gasteiger partial charge in [-0.25, -0.2) is 13.1 Å². The highest BCUT2D eigenvalue weighted by molar-refractivity contribution is 7.89. The second-order valence-corrected chi connectivity index (χ2v) is 6.88. The lowest BCUT2D eigenvalue weighted by Crippen LogP contribution is -2.50. The topological polar surface area (TPSA) is 86.3 Å². The van der Waals surface area contributed by atoms with Crippen molar-refractivity contribution < 1.29 is 18.3 Å². The number of rotatable bonds is 5. The third-order valence-corrected chi connectivity index (χ3v) is 4.67. The summed E-state index contributed by atoms with van der Waals surface area (Å²) in [6, 6.07) is 10.7. The zero-order valence-corrected chi connectivity index (χ0v) is 12.6. The lowest BCUT2D eigenvalue weighted by atomic mass is 10.1. The van der Waals surface area contributed by atoms with Gasteiger partial charge in [0.25, 0.3) is 0 Å². The van der Waals surface area contributed by atoms with Crippen LogP contribution in [0.5, 0.6) is 0 Å². The fourth-order valence-electron chi connectivity index (χ4n) is 2.03. The van der Waals surface area contributed by atoms with Crippen molar-refractivity contribution in [2.24, 2.45) is 5.92 Å². The van der Waals surface area contributed by atoms with Gasteiger partial charge in [0.05, 0.1) is 16.9 Å². The van der Waals surface area contributed by atoms with Crippen molar-refractivity contribution in [1.29, 1.82) is 0 Å². The summed E-state index contributed by atoms with van der Waals surface area (Å²) in [7, 11) is -3.91. The fraction of sp³-hybridized carbons (Fsp3) is 0.267. The quantitative estimate of drug-likeness (QED) is 0.889. The highest BCUT2D eigenvalue weighted by atomic mass is 32.2. The maximum absolute atomic E-state index is 12.3. The Bertz CT molecular complexity index is 768. The number of carbonyl (C=O) groups is 1. The Morgan fingerprint density at radius 3 is 2.29 bits per heavy atom.